The van der Waals surface area contributed by atoms with E-state index in [0.717, 1.165) is 74.6 Å². The van der Waals surface area contributed by atoms with E-state index in [9.17, 15) is 4.79 Å². The molecule has 30 heavy (non-hydrogen) atoms. The topological polar surface area (TPSA) is 67.2 Å². The number of aryl methyl sites for hydroxylation is 1. The van der Waals surface area contributed by atoms with E-state index >= 15 is 0 Å². The Balaban J connectivity index is 1.45. The Bertz CT molecular complexity index is 945. The number of amides is 1. The largest absolute Gasteiger partial charge is 0.341 e. The molecule has 5 rings (SSSR count). The fraction of sp³-hybridized carbons (Fsp3) is 0.565. The molecule has 1 aliphatic carbocycles. The van der Waals surface area contributed by atoms with Gasteiger partial charge in [-0.1, -0.05) is 12.2 Å². The zero-order valence-corrected chi connectivity index (χ0v) is 17.7. The van der Waals surface area contributed by atoms with Gasteiger partial charge in [-0.05, 0) is 51.0 Å². The molecular formula is C23H30N6O. The summed E-state index contributed by atoms with van der Waals surface area (Å²) in [6.07, 6.45) is 15.4. The summed E-state index contributed by atoms with van der Waals surface area (Å²) >= 11 is 0. The van der Waals surface area contributed by atoms with Gasteiger partial charge < -0.3 is 9.80 Å². The summed E-state index contributed by atoms with van der Waals surface area (Å²) in [6, 6.07) is 2.00. The molecule has 0 spiro atoms. The molecule has 0 unspecified atom stereocenters. The number of hydrogen-bond donors (Lipinski definition) is 0. The Morgan fingerprint density at radius 2 is 1.97 bits per heavy atom. The quantitative estimate of drug-likeness (QED) is 0.727. The highest BCUT2D eigenvalue weighted by atomic mass is 16.2. The number of anilines is 1. The maximum atomic E-state index is 13.3. The number of likely N-dealkylation sites (tertiary alicyclic amines) is 1. The summed E-state index contributed by atoms with van der Waals surface area (Å²) in [5.74, 6) is 1.20. The van der Waals surface area contributed by atoms with Gasteiger partial charge in [0.15, 0.2) is 0 Å². The van der Waals surface area contributed by atoms with E-state index in [-0.39, 0.29) is 12.0 Å². The zero-order valence-electron chi connectivity index (χ0n) is 17.7. The van der Waals surface area contributed by atoms with Crippen molar-refractivity contribution in [2.24, 2.45) is 13.0 Å². The number of carbonyl (C=O) groups excluding carboxylic acids is 1. The molecule has 2 aromatic heterocycles. The molecule has 158 valence electrons. The molecule has 2 atom stereocenters. The number of nitrogens with zero attached hydrogens (tertiary/aromatic N) is 6. The fourth-order valence-electron chi connectivity index (χ4n) is 5.08. The van der Waals surface area contributed by atoms with E-state index in [1.54, 1.807) is 0 Å². The third-order valence-electron chi connectivity index (χ3n) is 6.63. The zero-order chi connectivity index (χ0) is 20.5. The monoisotopic (exact) mass is 406 g/mol. The highest BCUT2D eigenvalue weighted by Crippen LogP contribution is 2.38. The van der Waals surface area contributed by atoms with Gasteiger partial charge in [0.05, 0.1) is 17.4 Å². The minimum Gasteiger partial charge on any atom is -0.341 e. The van der Waals surface area contributed by atoms with Crippen LogP contribution in [-0.4, -0.2) is 50.2 Å². The second kappa shape index (κ2) is 8.20. The molecule has 7 nitrogen and oxygen atoms in total. The fourth-order valence-corrected chi connectivity index (χ4v) is 5.08. The third kappa shape index (κ3) is 3.61. The lowest BCUT2D eigenvalue weighted by atomic mass is 9.92. The molecule has 2 aromatic rings. The van der Waals surface area contributed by atoms with E-state index in [1.807, 2.05) is 30.2 Å². The van der Waals surface area contributed by atoms with Crippen LogP contribution in [-0.2, 0) is 11.8 Å². The first kappa shape index (κ1) is 19.3. The van der Waals surface area contributed by atoms with Crippen molar-refractivity contribution in [3.8, 4) is 11.3 Å². The molecule has 7 heteroatoms. The van der Waals surface area contributed by atoms with Crippen LogP contribution < -0.4 is 4.90 Å². The predicted molar refractivity (Wildman–Crippen MR) is 116 cm³/mol. The molecule has 4 heterocycles. The van der Waals surface area contributed by atoms with Crippen LogP contribution in [0.1, 0.15) is 56.7 Å². The van der Waals surface area contributed by atoms with Gasteiger partial charge in [0, 0.05) is 50.6 Å². The standard InChI is InChI=1S/C23H30N6O/c1-27-16-18(19-11-12-24-23(25-19)28-13-5-6-14-28)21(26-27)20-10-7-15-29(20)22(30)17-8-3-2-4-9-17/h2-3,11-12,16-17,20H,4-10,13-15H2,1H3/t17-,20+/m0/s1. The van der Waals surface area contributed by atoms with Crippen LogP contribution in [0.5, 0.6) is 0 Å². The van der Waals surface area contributed by atoms with Crippen molar-refractivity contribution >= 4 is 11.9 Å². The molecular weight excluding hydrogens is 376 g/mol. The van der Waals surface area contributed by atoms with Crippen molar-refractivity contribution in [3.05, 3.63) is 36.3 Å². The lowest BCUT2D eigenvalue weighted by molar-refractivity contribution is -0.136. The van der Waals surface area contributed by atoms with Crippen LogP contribution in [0.15, 0.2) is 30.6 Å². The van der Waals surface area contributed by atoms with Crippen LogP contribution in [0.4, 0.5) is 5.95 Å². The summed E-state index contributed by atoms with van der Waals surface area (Å²) in [5, 5.41) is 4.81. The van der Waals surface area contributed by atoms with Crippen molar-refractivity contribution in [2.45, 2.75) is 51.0 Å². The molecule has 0 aromatic carbocycles. The van der Waals surface area contributed by atoms with Crippen LogP contribution in [0.2, 0.25) is 0 Å². The second-order valence-electron chi connectivity index (χ2n) is 8.71. The molecule has 1 amide bonds. The highest BCUT2D eigenvalue weighted by Gasteiger charge is 2.36. The Morgan fingerprint density at radius 3 is 2.77 bits per heavy atom. The molecule has 0 N–H and O–H groups in total. The number of aromatic nitrogens is 4. The summed E-state index contributed by atoms with van der Waals surface area (Å²) in [5.41, 5.74) is 2.89. The van der Waals surface area contributed by atoms with Gasteiger partial charge in [-0.2, -0.15) is 5.10 Å². The minimum atomic E-state index is 0.0322. The van der Waals surface area contributed by atoms with E-state index < -0.39 is 0 Å². The van der Waals surface area contributed by atoms with Gasteiger partial charge >= 0.3 is 0 Å². The van der Waals surface area contributed by atoms with Gasteiger partial charge in [-0.3, -0.25) is 9.48 Å². The summed E-state index contributed by atoms with van der Waals surface area (Å²) in [7, 11) is 1.95. The van der Waals surface area contributed by atoms with Gasteiger partial charge in [0.25, 0.3) is 0 Å². The van der Waals surface area contributed by atoms with Crippen molar-refractivity contribution in [1.29, 1.82) is 0 Å². The number of allylic oxidation sites excluding steroid dienone is 2. The molecule has 0 radical (unpaired) electrons. The normalized spacial score (nSPS) is 24.0. The number of rotatable bonds is 4. The van der Waals surface area contributed by atoms with Gasteiger partial charge in [-0.25, -0.2) is 9.97 Å². The van der Waals surface area contributed by atoms with E-state index in [1.165, 1.54) is 12.8 Å². The highest BCUT2D eigenvalue weighted by molar-refractivity contribution is 5.80. The SMILES string of the molecule is Cn1cc(-c2ccnc(N3CCCC3)n2)c([C@H]2CCCN2C(=O)[C@H]2CC=CCC2)n1. The van der Waals surface area contributed by atoms with Crippen molar-refractivity contribution in [1.82, 2.24) is 24.6 Å². The van der Waals surface area contributed by atoms with E-state index in [0.29, 0.717) is 5.91 Å². The lowest BCUT2D eigenvalue weighted by Gasteiger charge is -2.29. The van der Waals surface area contributed by atoms with Gasteiger partial charge in [-0.15, -0.1) is 0 Å². The maximum Gasteiger partial charge on any atom is 0.226 e. The Labute approximate surface area is 177 Å². The first-order valence-corrected chi connectivity index (χ1v) is 11.3. The molecule has 2 fully saturated rings. The summed E-state index contributed by atoms with van der Waals surface area (Å²) < 4.78 is 1.85. The first-order valence-electron chi connectivity index (χ1n) is 11.3. The van der Waals surface area contributed by atoms with Gasteiger partial charge in [0.2, 0.25) is 11.9 Å². The first-order chi connectivity index (χ1) is 14.7. The van der Waals surface area contributed by atoms with Crippen molar-refractivity contribution in [3.63, 3.8) is 0 Å². The van der Waals surface area contributed by atoms with Crippen molar-refractivity contribution < 1.29 is 4.79 Å². The third-order valence-corrected chi connectivity index (χ3v) is 6.63. The Hall–Kier alpha value is -2.70. The number of hydrogen-bond acceptors (Lipinski definition) is 5. The predicted octanol–water partition coefficient (Wildman–Crippen LogP) is 3.50. The second-order valence-corrected chi connectivity index (χ2v) is 8.71. The van der Waals surface area contributed by atoms with E-state index in [2.05, 4.69) is 26.9 Å². The molecule has 2 saturated heterocycles. The Morgan fingerprint density at radius 1 is 1.10 bits per heavy atom. The average molecular weight is 407 g/mol. The minimum absolute atomic E-state index is 0.0322. The Kier molecular flexibility index (Phi) is 5.27. The van der Waals surface area contributed by atoms with E-state index in [4.69, 9.17) is 10.1 Å². The summed E-state index contributed by atoms with van der Waals surface area (Å²) in [6.45, 7) is 2.86. The van der Waals surface area contributed by atoms with Gasteiger partial charge in [0.1, 0.15) is 0 Å². The van der Waals surface area contributed by atoms with Crippen LogP contribution in [0, 0.1) is 5.92 Å². The lowest BCUT2D eigenvalue weighted by Crippen LogP contribution is -2.36. The molecule has 2 aliphatic heterocycles. The van der Waals surface area contributed by atoms with Crippen molar-refractivity contribution in [2.75, 3.05) is 24.5 Å². The average Bonchev–Trinajstić information content (AvgIpc) is 3.54. The smallest absolute Gasteiger partial charge is 0.226 e. The summed E-state index contributed by atoms with van der Waals surface area (Å²) in [4.78, 5) is 27.0. The van der Waals surface area contributed by atoms with Crippen LogP contribution >= 0.6 is 0 Å². The molecule has 3 aliphatic rings. The molecule has 0 bridgehead atoms. The number of carbonyl (C=O) groups is 1. The maximum absolute atomic E-state index is 13.3. The van der Waals surface area contributed by atoms with Crippen LogP contribution in [0.25, 0.3) is 11.3 Å². The molecule has 0 saturated carbocycles. The van der Waals surface area contributed by atoms with Crippen LogP contribution in [0.3, 0.4) is 0 Å².